The second-order valence-corrected chi connectivity index (χ2v) is 6.38. The van der Waals surface area contributed by atoms with Crippen LogP contribution in [0.4, 0.5) is 0 Å². The van der Waals surface area contributed by atoms with Crippen LogP contribution in [-0.2, 0) is 4.79 Å². The number of aryl methyl sites for hydroxylation is 2. The highest BCUT2D eigenvalue weighted by atomic mass is 16.4. The lowest BCUT2D eigenvalue weighted by molar-refractivity contribution is -0.137. The molecule has 0 aliphatic carbocycles. The Bertz CT molecular complexity index is 521. The summed E-state index contributed by atoms with van der Waals surface area (Å²) in [6, 6.07) is 5.82. The van der Waals surface area contributed by atoms with E-state index in [2.05, 4.69) is 5.32 Å². The number of hydrogen-bond acceptors (Lipinski definition) is 2. The van der Waals surface area contributed by atoms with Gasteiger partial charge in [0.05, 0.1) is 0 Å². The average molecular weight is 291 g/mol. The van der Waals surface area contributed by atoms with Crippen molar-refractivity contribution in [2.24, 2.45) is 5.41 Å². The maximum absolute atomic E-state index is 12.2. The number of amides is 1. The zero-order valence-corrected chi connectivity index (χ0v) is 13.3. The minimum absolute atomic E-state index is 0.0646. The zero-order chi connectivity index (χ0) is 16.0. The molecule has 0 aromatic heterocycles. The van der Waals surface area contributed by atoms with Crippen molar-refractivity contribution in [3.05, 3.63) is 34.9 Å². The van der Waals surface area contributed by atoms with E-state index in [9.17, 15) is 9.59 Å². The van der Waals surface area contributed by atoms with Crippen LogP contribution in [0.2, 0.25) is 0 Å². The standard InChI is InChI=1S/C17H25NO3/c1-12-5-6-13(2)14(11-12)16(21)18-10-9-17(3,4)8-7-15(19)20/h5-6,11H,7-10H2,1-4H3,(H,18,21)(H,19,20). The van der Waals surface area contributed by atoms with Crippen molar-refractivity contribution in [3.63, 3.8) is 0 Å². The topological polar surface area (TPSA) is 66.4 Å². The molecular weight excluding hydrogens is 266 g/mol. The lowest BCUT2D eigenvalue weighted by atomic mass is 9.84. The summed E-state index contributed by atoms with van der Waals surface area (Å²) >= 11 is 0. The molecule has 4 heteroatoms. The largest absolute Gasteiger partial charge is 0.481 e. The molecule has 0 unspecified atom stereocenters. The maximum Gasteiger partial charge on any atom is 0.303 e. The smallest absolute Gasteiger partial charge is 0.303 e. The SMILES string of the molecule is Cc1ccc(C)c(C(=O)NCCC(C)(C)CCC(=O)O)c1. The van der Waals surface area contributed by atoms with Crippen molar-refractivity contribution in [1.82, 2.24) is 5.32 Å². The number of nitrogens with one attached hydrogen (secondary N) is 1. The highest BCUT2D eigenvalue weighted by Crippen LogP contribution is 2.26. The average Bonchev–Trinajstić information content (AvgIpc) is 2.39. The number of carbonyl (C=O) groups excluding carboxylic acids is 1. The molecule has 1 rings (SSSR count). The quantitative estimate of drug-likeness (QED) is 0.810. The molecule has 2 N–H and O–H groups in total. The van der Waals surface area contributed by atoms with Crippen molar-refractivity contribution in [2.45, 2.75) is 47.0 Å². The van der Waals surface area contributed by atoms with Crippen LogP contribution in [0.25, 0.3) is 0 Å². The summed E-state index contributed by atoms with van der Waals surface area (Å²) in [5.74, 6) is -0.840. The van der Waals surface area contributed by atoms with Crippen molar-refractivity contribution < 1.29 is 14.7 Å². The molecule has 1 aromatic carbocycles. The molecule has 0 bridgehead atoms. The van der Waals surface area contributed by atoms with Crippen LogP contribution >= 0.6 is 0 Å². The Morgan fingerprint density at radius 3 is 2.48 bits per heavy atom. The zero-order valence-electron chi connectivity index (χ0n) is 13.3. The van der Waals surface area contributed by atoms with Gasteiger partial charge in [0, 0.05) is 18.5 Å². The van der Waals surface area contributed by atoms with Crippen LogP contribution in [-0.4, -0.2) is 23.5 Å². The summed E-state index contributed by atoms with van der Waals surface area (Å²) < 4.78 is 0. The first-order valence-corrected chi connectivity index (χ1v) is 7.28. The molecule has 0 radical (unpaired) electrons. The van der Waals surface area contributed by atoms with E-state index in [1.807, 2.05) is 45.9 Å². The number of carboxylic acids is 1. The van der Waals surface area contributed by atoms with Gasteiger partial charge in [0.25, 0.3) is 5.91 Å². The Kier molecular flexibility index (Phi) is 5.94. The molecule has 0 heterocycles. The maximum atomic E-state index is 12.2. The monoisotopic (exact) mass is 291 g/mol. The third-order valence-corrected chi connectivity index (χ3v) is 3.74. The van der Waals surface area contributed by atoms with Gasteiger partial charge >= 0.3 is 5.97 Å². The highest BCUT2D eigenvalue weighted by molar-refractivity contribution is 5.95. The van der Waals surface area contributed by atoms with Gasteiger partial charge in [-0.2, -0.15) is 0 Å². The summed E-state index contributed by atoms with van der Waals surface area (Å²) in [7, 11) is 0. The van der Waals surface area contributed by atoms with E-state index in [1.165, 1.54) is 0 Å². The van der Waals surface area contributed by atoms with E-state index in [4.69, 9.17) is 5.11 Å². The minimum Gasteiger partial charge on any atom is -0.481 e. The van der Waals surface area contributed by atoms with Gasteiger partial charge < -0.3 is 10.4 Å². The van der Waals surface area contributed by atoms with Gasteiger partial charge in [0.1, 0.15) is 0 Å². The van der Waals surface area contributed by atoms with Crippen LogP contribution in [0.1, 0.15) is 54.6 Å². The van der Waals surface area contributed by atoms with Crippen molar-refractivity contribution in [3.8, 4) is 0 Å². The fourth-order valence-electron chi connectivity index (χ4n) is 2.16. The number of benzene rings is 1. The Labute approximate surface area is 126 Å². The Morgan fingerprint density at radius 1 is 1.19 bits per heavy atom. The molecule has 21 heavy (non-hydrogen) atoms. The lowest BCUT2D eigenvalue weighted by Gasteiger charge is -2.23. The van der Waals surface area contributed by atoms with Gasteiger partial charge in [-0.15, -0.1) is 0 Å². The molecule has 0 saturated heterocycles. The van der Waals surface area contributed by atoms with Crippen LogP contribution in [0.3, 0.4) is 0 Å². The highest BCUT2D eigenvalue weighted by Gasteiger charge is 2.19. The predicted octanol–water partition coefficient (Wildman–Crippen LogP) is 3.31. The number of rotatable bonds is 7. The van der Waals surface area contributed by atoms with Gasteiger partial charge in [-0.05, 0) is 43.7 Å². The summed E-state index contributed by atoms with van der Waals surface area (Å²) in [5.41, 5.74) is 2.64. The van der Waals surface area contributed by atoms with Gasteiger partial charge in [0.15, 0.2) is 0 Å². The van der Waals surface area contributed by atoms with Crippen molar-refractivity contribution >= 4 is 11.9 Å². The summed E-state index contributed by atoms with van der Waals surface area (Å²) in [5, 5.41) is 11.7. The Morgan fingerprint density at radius 2 is 1.86 bits per heavy atom. The third-order valence-electron chi connectivity index (χ3n) is 3.74. The Hall–Kier alpha value is -1.84. The predicted molar refractivity (Wildman–Crippen MR) is 83.5 cm³/mol. The first kappa shape index (κ1) is 17.2. The molecule has 1 amide bonds. The molecule has 0 spiro atoms. The van der Waals surface area contributed by atoms with E-state index < -0.39 is 5.97 Å². The molecule has 4 nitrogen and oxygen atoms in total. The van der Waals surface area contributed by atoms with E-state index in [-0.39, 0.29) is 17.7 Å². The number of aliphatic carboxylic acids is 1. The molecule has 0 fully saturated rings. The van der Waals surface area contributed by atoms with E-state index in [0.717, 1.165) is 17.5 Å². The lowest BCUT2D eigenvalue weighted by Crippen LogP contribution is -2.29. The fraction of sp³-hybridized carbons (Fsp3) is 0.529. The molecule has 0 aliphatic heterocycles. The van der Waals surface area contributed by atoms with E-state index >= 15 is 0 Å². The minimum atomic E-state index is -0.775. The molecule has 0 saturated carbocycles. The fourth-order valence-corrected chi connectivity index (χ4v) is 2.16. The van der Waals surface area contributed by atoms with Crippen LogP contribution in [0.5, 0.6) is 0 Å². The molecule has 1 aromatic rings. The van der Waals surface area contributed by atoms with Crippen LogP contribution in [0.15, 0.2) is 18.2 Å². The van der Waals surface area contributed by atoms with Gasteiger partial charge in [-0.3, -0.25) is 9.59 Å². The first-order chi connectivity index (χ1) is 9.71. The van der Waals surface area contributed by atoms with E-state index in [0.29, 0.717) is 18.5 Å². The van der Waals surface area contributed by atoms with Gasteiger partial charge in [0.2, 0.25) is 0 Å². The summed E-state index contributed by atoms with van der Waals surface area (Å²) in [6.07, 6.45) is 1.54. The van der Waals surface area contributed by atoms with Crippen molar-refractivity contribution in [1.29, 1.82) is 0 Å². The third kappa shape index (κ3) is 5.98. The van der Waals surface area contributed by atoms with Crippen LogP contribution in [0, 0.1) is 19.3 Å². The number of carboxylic acid groups (broad SMARTS) is 1. The van der Waals surface area contributed by atoms with E-state index in [1.54, 1.807) is 0 Å². The molecule has 116 valence electrons. The van der Waals surface area contributed by atoms with Gasteiger partial charge in [-0.25, -0.2) is 0 Å². The second kappa shape index (κ2) is 7.25. The number of hydrogen-bond donors (Lipinski definition) is 2. The molecule has 0 aliphatic rings. The molecular formula is C17H25NO3. The molecule has 0 atom stereocenters. The second-order valence-electron chi connectivity index (χ2n) is 6.38. The normalized spacial score (nSPS) is 11.2. The summed E-state index contributed by atoms with van der Waals surface area (Å²) in [6.45, 7) is 8.50. The Balaban J connectivity index is 2.50. The van der Waals surface area contributed by atoms with Crippen molar-refractivity contribution in [2.75, 3.05) is 6.54 Å². The number of carbonyl (C=O) groups is 2. The van der Waals surface area contributed by atoms with Gasteiger partial charge in [-0.1, -0.05) is 31.5 Å². The summed E-state index contributed by atoms with van der Waals surface area (Å²) in [4.78, 5) is 22.8. The first-order valence-electron chi connectivity index (χ1n) is 7.28. The van der Waals surface area contributed by atoms with Crippen LogP contribution < -0.4 is 5.32 Å².